The van der Waals surface area contributed by atoms with Gasteiger partial charge >= 0.3 is 0 Å². The summed E-state index contributed by atoms with van der Waals surface area (Å²) in [4.78, 5) is 17.6. The van der Waals surface area contributed by atoms with Gasteiger partial charge in [-0.25, -0.2) is 12.7 Å². The first-order valence-electron chi connectivity index (χ1n) is 10.4. The van der Waals surface area contributed by atoms with Gasteiger partial charge in [0.15, 0.2) is 0 Å². The highest BCUT2D eigenvalue weighted by Crippen LogP contribution is 2.47. The van der Waals surface area contributed by atoms with Gasteiger partial charge in [0.25, 0.3) is 0 Å². The lowest BCUT2D eigenvalue weighted by molar-refractivity contribution is -0.140. The average Bonchev–Trinajstić information content (AvgIpc) is 3.28. The molecule has 3 saturated heterocycles. The van der Waals surface area contributed by atoms with Crippen LogP contribution in [0.25, 0.3) is 0 Å². The first-order valence-corrected chi connectivity index (χ1v) is 11.9. The Hall–Kier alpha value is -1.44. The number of carbonyl (C=O) groups excluding carboxylic acids is 1. The van der Waals surface area contributed by atoms with Crippen molar-refractivity contribution in [3.63, 3.8) is 0 Å². The minimum absolute atomic E-state index is 0.104. The summed E-state index contributed by atoms with van der Waals surface area (Å²) in [7, 11) is -3.26. The quantitative estimate of drug-likeness (QED) is 0.749. The van der Waals surface area contributed by atoms with Gasteiger partial charge in [-0.3, -0.25) is 9.69 Å². The molecule has 0 saturated carbocycles. The molecule has 3 aliphatic rings. The van der Waals surface area contributed by atoms with E-state index in [-0.39, 0.29) is 17.2 Å². The van der Waals surface area contributed by atoms with Crippen molar-refractivity contribution in [1.29, 1.82) is 0 Å². The number of benzene rings is 1. The van der Waals surface area contributed by atoms with Crippen LogP contribution in [0.4, 0.5) is 0 Å². The van der Waals surface area contributed by atoms with Crippen LogP contribution in [-0.4, -0.2) is 72.9 Å². The topological polar surface area (TPSA) is 60.9 Å². The molecule has 1 spiro atoms. The molecule has 1 aromatic rings. The highest BCUT2D eigenvalue weighted by Gasteiger charge is 2.59. The number of sulfonamides is 1. The zero-order valence-electron chi connectivity index (χ0n) is 16.9. The number of likely N-dealkylation sites (tertiary alicyclic amines) is 2. The van der Waals surface area contributed by atoms with E-state index < -0.39 is 15.3 Å². The molecule has 0 aliphatic carbocycles. The summed E-state index contributed by atoms with van der Waals surface area (Å²) in [5.74, 6) is 0.127. The number of nitrogens with zero attached hydrogens (tertiary/aromatic N) is 3. The molecule has 0 aromatic heterocycles. The van der Waals surface area contributed by atoms with Gasteiger partial charge in [0, 0.05) is 51.2 Å². The van der Waals surface area contributed by atoms with Gasteiger partial charge in [0.05, 0.1) is 11.2 Å². The van der Waals surface area contributed by atoms with Crippen LogP contribution in [0.15, 0.2) is 30.3 Å². The van der Waals surface area contributed by atoms with Crippen LogP contribution in [0.5, 0.6) is 0 Å². The maximum absolute atomic E-state index is 13.3. The molecular weight excluding hydrogens is 374 g/mol. The first-order chi connectivity index (χ1) is 13.3. The third-order valence-corrected chi connectivity index (χ3v) is 8.79. The zero-order valence-corrected chi connectivity index (χ0v) is 17.7. The normalized spacial score (nSPS) is 25.5. The van der Waals surface area contributed by atoms with E-state index in [9.17, 15) is 13.2 Å². The second-order valence-electron chi connectivity index (χ2n) is 8.96. The highest BCUT2D eigenvalue weighted by molar-refractivity contribution is 7.89. The monoisotopic (exact) mass is 405 g/mol. The molecule has 1 amide bonds. The Morgan fingerprint density at radius 3 is 2.36 bits per heavy atom. The van der Waals surface area contributed by atoms with Crippen LogP contribution in [0.2, 0.25) is 0 Å². The van der Waals surface area contributed by atoms with E-state index in [1.54, 1.807) is 18.2 Å². The van der Waals surface area contributed by atoms with Crippen LogP contribution in [0, 0.1) is 11.3 Å². The minimum Gasteiger partial charge on any atom is -0.342 e. The number of hydrogen-bond acceptors (Lipinski definition) is 4. The number of amides is 1. The minimum atomic E-state index is -3.26. The van der Waals surface area contributed by atoms with E-state index in [2.05, 4.69) is 17.0 Å². The van der Waals surface area contributed by atoms with Gasteiger partial charge in [-0.05, 0) is 32.3 Å². The van der Waals surface area contributed by atoms with Crippen molar-refractivity contribution < 1.29 is 13.2 Å². The number of carbonyl (C=O) groups is 1. The van der Waals surface area contributed by atoms with Crippen molar-refractivity contribution in [1.82, 2.24) is 14.1 Å². The number of hydrogen-bond donors (Lipinski definition) is 0. The fraction of sp³-hybridized carbons (Fsp3) is 0.667. The van der Waals surface area contributed by atoms with Gasteiger partial charge in [-0.2, -0.15) is 0 Å². The lowest BCUT2D eigenvalue weighted by Crippen LogP contribution is -2.64. The molecule has 1 atom stereocenters. The highest BCUT2D eigenvalue weighted by atomic mass is 32.2. The molecule has 3 aliphatic heterocycles. The Morgan fingerprint density at radius 2 is 1.75 bits per heavy atom. The average molecular weight is 406 g/mol. The van der Waals surface area contributed by atoms with E-state index in [1.807, 2.05) is 23.1 Å². The maximum atomic E-state index is 13.3. The van der Waals surface area contributed by atoms with Gasteiger partial charge in [-0.15, -0.1) is 0 Å². The summed E-state index contributed by atoms with van der Waals surface area (Å²) in [5.41, 5.74) is 0.995. The van der Waals surface area contributed by atoms with Crippen LogP contribution in [0.3, 0.4) is 0 Å². The Kier molecular flexibility index (Phi) is 5.27. The summed E-state index contributed by atoms with van der Waals surface area (Å²) in [6.45, 7) is 8.41. The van der Waals surface area contributed by atoms with Crippen molar-refractivity contribution >= 4 is 15.9 Å². The lowest BCUT2D eigenvalue weighted by atomic mass is 9.72. The van der Waals surface area contributed by atoms with Gasteiger partial charge in [0.1, 0.15) is 0 Å². The molecule has 1 aromatic carbocycles. The lowest BCUT2D eigenvalue weighted by Gasteiger charge is -2.50. The molecule has 0 bridgehead atoms. The predicted octanol–water partition coefficient (Wildman–Crippen LogP) is 1.78. The van der Waals surface area contributed by atoms with Crippen molar-refractivity contribution in [2.24, 2.45) is 11.3 Å². The molecule has 7 heteroatoms. The Bertz CT molecular complexity index is 813. The molecule has 3 heterocycles. The van der Waals surface area contributed by atoms with Crippen LogP contribution in [0.1, 0.15) is 32.3 Å². The Balaban J connectivity index is 1.53. The maximum Gasteiger partial charge on any atom is 0.227 e. The summed E-state index contributed by atoms with van der Waals surface area (Å²) in [5, 5.41) is -0.417. The molecule has 1 unspecified atom stereocenters. The van der Waals surface area contributed by atoms with Gasteiger partial charge < -0.3 is 4.90 Å². The molecule has 4 rings (SSSR count). The zero-order chi connectivity index (χ0) is 19.9. The predicted molar refractivity (Wildman–Crippen MR) is 109 cm³/mol. The standard InChI is InChI=1S/C21H31N3O3S/c1-17(2)28(26,27)24-15-21(16-24)14-22(12-18-8-4-3-5-9-18)13-19(21)20(25)23-10-6-7-11-23/h3-5,8-9,17,19H,6-7,10-16H2,1-2H3. The largest absolute Gasteiger partial charge is 0.342 e. The van der Waals surface area contributed by atoms with E-state index >= 15 is 0 Å². The Labute approximate surface area is 168 Å². The van der Waals surface area contributed by atoms with Crippen molar-refractivity contribution in [3.05, 3.63) is 35.9 Å². The van der Waals surface area contributed by atoms with Gasteiger partial charge in [-0.1, -0.05) is 30.3 Å². The third-order valence-electron chi connectivity index (χ3n) is 6.62. The fourth-order valence-electron chi connectivity index (χ4n) is 4.99. The first kappa shape index (κ1) is 19.9. The smallest absolute Gasteiger partial charge is 0.227 e. The van der Waals surface area contributed by atoms with Crippen molar-refractivity contribution in [2.45, 2.75) is 38.5 Å². The second-order valence-corrected chi connectivity index (χ2v) is 11.5. The van der Waals surface area contributed by atoms with E-state index in [0.717, 1.165) is 45.6 Å². The van der Waals surface area contributed by atoms with Crippen LogP contribution >= 0.6 is 0 Å². The number of rotatable bonds is 5. The molecule has 154 valence electrons. The molecular formula is C21H31N3O3S. The van der Waals surface area contributed by atoms with Gasteiger partial charge in [0.2, 0.25) is 15.9 Å². The molecule has 0 N–H and O–H groups in total. The summed E-state index contributed by atoms with van der Waals surface area (Å²) in [6.07, 6.45) is 2.15. The van der Waals surface area contributed by atoms with E-state index in [1.165, 1.54) is 5.56 Å². The summed E-state index contributed by atoms with van der Waals surface area (Å²) in [6, 6.07) is 10.3. The van der Waals surface area contributed by atoms with Crippen molar-refractivity contribution in [3.8, 4) is 0 Å². The van der Waals surface area contributed by atoms with E-state index in [0.29, 0.717) is 13.1 Å². The van der Waals surface area contributed by atoms with Crippen LogP contribution in [-0.2, 0) is 21.4 Å². The third kappa shape index (κ3) is 3.48. The molecule has 6 nitrogen and oxygen atoms in total. The van der Waals surface area contributed by atoms with Crippen LogP contribution < -0.4 is 0 Å². The summed E-state index contributed by atoms with van der Waals surface area (Å²) < 4.78 is 26.7. The SMILES string of the molecule is CC(C)S(=O)(=O)N1CC2(CN(Cc3ccccc3)CC2C(=O)N2CCCC2)C1. The molecule has 28 heavy (non-hydrogen) atoms. The molecule has 0 radical (unpaired) electrons. The molecule has 3 fully saturated rings. The second kappa shape index (κ2) is 7.43. The Morgan fingerprint density at radius 1 is 1.11 bits per heavy atom. The van der Waals surface area contributed by atoms with E-state index in [4.69, 9.17) is 0 Å². The fourth-order valence-corrected chi connectivity index (χ4v) is 6.46. The van der Waals surface area contributed by atoms with Crippen molar-refractivity contribution in [2.75, 3.05) is 39.3 Å². The summed E-state index contributed by atoms with van der Waals surface area (Å²) >= 11 is 0.